The lowest BCUT2D eigenvalue weighted by atomic mass is 10.1. The Balaban J connectivity index is 1.51. The van der Waals surface area contributed by atoms with Crippen LogP contribution in [0.1, 0.15) is 36.0 Å². The van der Waals surface area contributed by atoms with Gasteiger partial charge in [-0.15, -0.1) is 0 Å². The van der Waals surface area contributed by atoms with Crippen LogP contribution in [0.2, 0.25) is 0 Å². The fourth-order valence-electron chi connectivity index (χ4n) is 3.55. The number of nitrogens with zero attached hydrogens (tertiary/aromatic N) is 1. The van der Waals surface area contributed by atoms with Gasteiger partial charge in [-0.05, 0) is 67.3 Å². The Kier molecular flexibility index (Phi) is 6.45. The van der Waals surface area contributed by atoms with E-state index in [0.717, 1.165) is 42.8 Å². The number of likely N-dealkylation sites (tertiary alicyclic amines) is 1. The Hall–Kier alpha value is -2.40. The second-order valence-corrected chi connectivity index (χ2v) is 7.10. The number of methoxy groups -OCH3 is 1. The minimum atomic E-state index is -0.250. The van der Waals surface area contributed by atoms with E-state index in [2.05, 4.69) is 5.32 Å². The number of carbonyl (C=O) groups excluding carboxylic acids is 1. The van der Waals surface area contributed by atoms with Crippen LogP contribution >= 0.6 is 0 Å². The summed E-state index contributed by atoms with van der Waals surface area (Å²) in [5.74, 6) is 0.769. The second kappa shape index (κ2) is 9.00. The Morgan fingerprint density at radius 2 is 2.00 bits per heavy atom. The molecule has 4 nitrogen and oxygen atoms in total. The molecule has 0 spiro atoms. The van der Waals surface area contributed by atoms with Gasteiger partial charge in [0.15, 0.2) is 0 Å². The van der Waals surface area contributed by atoms with E-state index in [-0.39, 0.29) is 17.8 Å². The fourth-order valence-corrected chi connectivity index (χ4v) is 3.55. The van der Waals surface area contributed by atoms with Gasteiger partial charge in [0.25, 0.3) is 0 Å². The summed E-state index contributed by atoms with van der Waals surface area (Å²) in [6, 6.07) is 13.0. The summed E-state index contributed by atoms with van der Waals surface area (Å²) in [7, 11) is 1.66. The summed E-state index contributed by atoms with van der Waals surface area (Å²) < 4.78 is 18.7. The molecule has 3 rings (SSSR count). The molecule has 1 aliphatic heterocycles. The average molecular weight is 370 g/mol. The number of nitrogens with one attached hydrogen (secondary N) is 1. The minimum Gasteiger partial charge on any atom is -0.497 e. The number of halogens is 1. The van der Waals surface area contributed by atoms with Gasteiger partial charge in [0, 0.05) is 25.6 Å². The molecule has 5 heteroatoms. The Labute approximate surface area is 160 Å². The minimum absolute atomic E-state index is 0.166. The highest BCUT2D eigenvalue weighted by Crippen LogP contribution is 2.25. The summed E-state index contributed by atoms with van der Waals surface area (Å²) >= 11 is 0. The molecule has 144 valence electrons. The van der Waals surface area contributed by atoms with Crippen molar-refractivity contribution in [3.8, 4) is 5.75 Å². The first-order valence-electron chi connectivity index (χ1n) is 9.45. The molecule has 1 atom stereocenters. The number of hydrogen-bond donors (Lipinski definition) is 1. The van der Waals surface area contributed by atoms with Crippen molar-refractivity contribution in [2.45, 2.75) is 45.3 Å². The Morgan fingerprint density at radius 3 is 2.74 bits per heavy atom. The predicted molar refractivity (Wildman–Crippen MR) is 104 cm³/mol. The first-order chi connectivity index (χ1) is 13.1. The lowest BCUT2D eigenvalue weighted by Crippen LogP contribution is -2.34. The molecular weight excluding hydrogens is 343 g/mol. The standard InChI is InChI=1S/C22H27FN2O2/c1-16-3-6-19(23)13-18(16)15-25-20(7-10-22(25)26)11-12-24-14-17-4-8-21(27-2)9-5-17/h3-6,8-9,13,20,24H,7,10-12,14-15H2,1-2H3. The topological polar surface area (TPSA) is 41.6 Å². The Morgan fingerprint density at radius 1 is 1.22 bits per heavy atom. The number of benzene rings is 2. The smallest absolute Gasteiger partial charge is 0.223 e. The van der Waals surface area contributed by atoms with E-state index in [0.29, 0.717) is 13.0 Å². The largest absolute Gasteiger partial charge is 0.497 e. The molecule has 27 heavy (non-hydrogen) atoms. The third-order valence-electron chi connectivity index (χ3n) is 5.25. The molecule has 1 heterocycles. The maximum Gasteiger partial charge on any atom is 0.223 e. The van der Waals surface area contributed by atoms with Gasteiger partial charge in [-0.1, -0.05) is 18.2 Å². The predicted octanol–water partition coefficient (Wildman–Crippen LogP) is 3.81. The van der Waals surface area contributed by atoms with E-state index < -0.39 is 0 Å². The summed E-state index contributed by atoms with van der Waals surface area (Å²) in [6.45, 7) is 4.07. The van der Waals surface area contributed by atoms with E-state index in [1.54, 1.807) is 19.2 Å². The maximum absolute atomic E-state index is 13.6. The zero-order valence-electron chi connectivity index (χ0n) is 16.0. The van der Waals surface area contributed by atoms with Crippen molar-refractivity contribution >= 4 is 5.91 Å². The summed E-state index contributed by atoms with van der Waals surface area (Å²) in [5.41, 5.74) is 3.11. The number of rotatable bonds is 8. The van der Waals surface area contributed by atoms with Gasteiger partial charge in [0.05, 0.1) is 7.11 Å². The average Bonchev–Trinajstić information content (AvgIpc) is 3.02. The van der Waals surface area contributed by atoms with Crippen LogP contribution in [0, 0.1) is 12.7 Å². The molecule has 1 amide bonds. The van der Waals surface area contributed by atoms with Gasteiger partial charge in [0.2, 0.25) is 5.91 Å². The molecule has 0 aliphatic carbocycles. The molecule has 1 fully saturated rings. The maximum atomic E-state index is 13.6. The molecule has 2 aromatic carbocycles. The number of ether oxygens (including phenoxy) is 1. The first-order valence-corrected chi connectivity index (χ1v) is 9.45. The molecule has 0 bridgehead atoms. The van der Waals surface area contributed by atoms with Crippen LogP contribution in [0.25, 0.3) is 0 Å². The van der Waals surface area contributed by atoms with Gasteiger partial charge in [-0.2, -0.15) is 0 Å². The highest BCUT2D eigenvalue weighted by atomic mass is 19.1. The van der Waals surface area contributed by atoms with Gasteiger partial charge in [0.1, 0.15) is 11.6 Å². The highest BCUT2D eigenvalue weighted by Gasteiger charge is 2.30. The highest BCUT2D eigenvalue weighted by molar-refractivity contribution is 5.78. The molecule has 1 saturated heterocycles. The summed E-state index contributed by atoms with van der Waals surface area (Å²) in [4.78, 5) is 14.2. The van der Waals surface area contributed by atoms with Crippen LogP contribution in [0.4, 0.5) is 4.39 Å². The van der Waals surface area contributed by atoms with Crippen LogP contribution in [-0.2, 0) is 17.9 Å². The summed E-state index contributed by atoms with van der Waals surface area (Å²) in [5, 5.41) is 3.45. The summed E-state index contributed by atoms with van der Waals surface area (Å²) in [6.07, 6.45) is 2.35. The molecule has 1 unspecified atom stereocenters. The van der Waals surface area contributed by atoms with Crippen LogP contribution < -0.4 is 10.1 Å². The van der Waals surface area contributed by atoms with E-state index in [9.17, 15) is 9.18 Å². The van der Waals surface area contributed by atoms with Gasteiger partial charge in [-0.3, -0.25) is 4.79 Å². The normalized spacial score (nSPS) is 16.8. The second-order valence-electron chi connectivity index (χ2n) is 7.10. The van der Waals surface area contributed by atoms with Crippen molar-refractivity contribution in [2.75, 3.05) is 13.7 Å². The molecule has 0 aromatic heterocycles. The lowest BCUT2D eigenvalue weighted by molar-refractivity contribution is -0.129. The molecule has 1 aliphatic rings. The van der Waals surface area contributed by atoms with E-state index >= 15 is 0 Å². The number of carbonyl (C=O) groups is 1. The van der Waals surface area contributed by atoms with Gasteiger partial charge < -0.3 is 15.0 Å². The van der Waals surface area contributed by atoms with Gasteiger partial charge in [-0.25, -0.2) is 4.39 Å². The molecule has 2 aromatic rings. The Bertz CT molecular complexity index is 776. The SMILES string of the molecule is COc1ccc(CNCCC2CCC(=O)N2Cc2cc(F)ccc2C)cc1. The third-order valence-corrected chi connectivity index (χ3v) is 5.25. The number of hydrogen-bond acceptors (Lipinski definition) is 3. The zero-order valence-corrected chi connectivity index (χ0v) is 16.0. The lowest BCUT2D eigenvalue weighted by Gasteiger charge is -2.26. The van der Waals surface area contributed by atoms with Crippen LogP contribution in [0.15, 0.2) is 42.5 Å². The van der Waals surface area contributed by atoms with Crippen molar-refractivity contribution < 1.29 is 13.9 Å². The van der Waals surface area contributed by atoms with Crippen LogP contribution in [-0.4, -0.2) is 30.5 Å². The molecule has 1 N–H and O–H groups in total. The van der Waals surface area contributed by atoms with E-state index in [4.69, 9.17) is 4.74 Å². The van der Waals surface area contributed by atoms with Crippen molar-refractivity contribution in [1.82, 2.24) is 10.2 Å². The van der Waals surface area contributed by atoms with Crippen molar-refractivity contribution in [3.05, 3.63) is 65.0 Å². The zero-order chi connectivity index (χ0) is 19.2. The first kappa shape index (κ1) is 19.4. The van der Waals surface area contributed by atoms with Crippen LogP contribution in [0.5, 0.6) is 5.75 Å². The third kappa shape index (κ3) is 5.07. The monoisotopic (exact) mass is 370 g/mol. The van der Waals surface area contributed by atoms with E-state index in [1.807, 2.05) is 36.1 Å². The van der Waals surface area contributed by atoms with Crippen molar-refractivity contribution in [1.29, 1.82) is 0 Å². The molecule has 0 radical (unpaired) electrons. The van der Waals surface area contributed by atoms with Gasteiger partial charge >= 0.3 is 0 Å². The number of amides is 1. The number of aryl methyl sites for hydroxylation is 1. The fraction of sp³-hybridized carbons (Fsp3) is 0.409. The molecule has 0 saturated carbocycles. The van der Waals surface area contributed by atoms with E-state index in [1.165, 1.54) is 11.6 Å². The molecular formula is C22H27FN2O2. The van der Waals surface area contributed by atoms with Crippen LogP contribution in [0.3, 0.4) is 0 Å². The van der Waals surface area contributed by atoms with Crippen molar-refractivity contribution in [2.24, 2.45) is 0 Å². The van der Waals surface area contributed by atoms with Crippen molar-refractivity contribution in [3.63, 3.8) is 0 Å². The quantitative estimate of drug-likeness (QED) is 0.719.